The van der Waals surface area contributed by atoms with E-state index in [1.807, 2.05) is 42.5 Å². The van der Waals surface area contributed by atoms with Crippen molar-refractivity contribution in [2.45, 2.75) is 70.8 Å². The number of hydrogen-bond acceptors (Lipinski definition) is 3. The largest absolute Gasteiger partial charge is 0.349 e. The first-order valence-corrected chi connectivity index (χ1v) is 12.8. The number of H-pyrrole nitrogens is 1. The van der Waals surface area contributed by atoms with Gasteiger partial charge in [0, 0.05) is 28.8 Å². The number of amides is 2. The number of imidazole rings is 1. The van der Waals surface area contributed by atoms with Crippen LogP contribution >= 0.6 is 0 Å². The summed E-state index contributed by atoms with van der Waals surface area (Å²) in [5, 5.41) is 6.27. The van der Waals surface area contributed by atoms with Crippen LogP contribution in [0, 0.1) is 11.8 Å². The molecule has 0 saturated heterocycles. The number of hydrogen-bond donors (Lipinski definition) is 3. The van der Waals surface area contributed by atoms with Crippen LogP contribution in [0.1, 0.15) is 75.1 Å². The van der Waals surface area contributed by atoms with Crippen molar-refractivity contribution in [3.8, 4) is 11.4 Å². The third-order valence-electron chi connectivity index (χ3n) is 7.57. The molecule has 1 aromatic heterocycles. The maximum Gasteiger partial charge on any atom is 0.251 e. The van der Waals surface area contributed by atoms with Gasteiger partial charge in [-0.3, -0.25) is 9.59 Å². The molecule has 34 heavy (non-hydrogen) atoms. The van der Waals surface area contributed by atoms with Gasteiger partial charge < -0.3 is 15.6 Å². The lowest BCUT2D eigenvalue weighted by atomic mass is 9.99. The molecule has 2 unspecified atom stereocenters. The molecule has 0 spiro atoms. The predicted octanol–water partition coefficient (Wildman–Crippen LogP) is 6.06. The van der Waals surface area contributed by atoms with Gasteiger partial charge in [-0.05, 0) is 74.1 Å². The molecule has 2 aliphatic carbocycles. The molecule has 1 heterocycles. The molecule has 3 N–H and O–H groups in total. The van der Waals surface area contributed by atoms with Crippen molar-refractivity contribution < 1.29 is 9.59 Å². The van der Waals surface area contributed by atoms with Gasteiger partial charge in [-0.1, -0.05) is 39.0 Å². The van der Waals surface area contributed by atoms with Gasteiger partial charge in [0.2, 0.25) is 5.91 Å². The van der Waals surface area contributed by atoms with E-state index in [4.69, 9.17) is 4.98 Å². The molecule has 2 aromatic carbocycles. The van der Waals surface area contributed by atoms with Gasteiger partial charge in [-0.25, -0.2) is 4.98 Å². The van der Waals surface area contributed by atoms with Crippen molar-refractivity contribution in [3.05, 3.63) is 48.0 Å². The lowest BCUT2D eigenvalue weighted by Crippen LogP contribution is -2.36. The summed E-state index contributed by atoms with van der Waals surface area (Å²) in [6.07, 6.45) is 10.2. The van der Waals surface area contributed by atoms with E-state index in [2.05, 4.69) is 22.5 Å². The van der Waals surface area contributed by atoms with Gasteiger partial charge in [-0.2, -0.15) is 0 Å². The molecule has 2 amide bonds. The maximum absolute atomic E-state index is 12.7. The van der Waals surface area contributed by atoms with Crippen molar-refractivity contribution >= 4 is 28.5 Å². The fraction of sp³-hybridized carbons (Fsp3) is 0.464. The summed E-state index contributed by atoms with van der Waals surface area (Å²) >= 11 is 0. The van der Waals surface area contributed by atoms with Crippen molar-refractivity contribution in [2.24, 2.45) is 11.8 Å². The zero-order chi connectivity index (χ0) is 23.5. The minimum Gasteiger partial charge on any atom is -0.349 e. The highest BCUT2D eigenvalue weighted by Gasteiger charge is 2.25. The molecule has 0 bridgehead atoms. The SMILES string of the molecule is CC1CCCC1NC(=O)c1ccc2nc(-c3ccc(NC(=O)C4CCCCCC4)cc3)[nH]c2c1. The monoisotopic (exact) mass is 458 g/mol. The van der Waals surface area contributed by atoms with Gasteiger partial charge in [0.25, 0.3) is 5.91 Å². The summed E-state index contributed by atoms with van der Waals surface area (Å²) in [7, 11) is 0. The Bertz CT molecular complexity index is 1160. The second-order valence-electron chi connectivity index (χ2n) is 10.1. The second kappa shape index (κ2) is 10.00. The van der Waals surface area contributed by atoms with Gasteiger partial charge in [-0.15, -0.1) is 0 Å². The second-order valence-corrected chi connectivity index (χ2v) is 10.1. The smallest absolute Gasteiger partial charge is 0.251 e. The molecule has 2 fully saturated rings. The molecule has 2 atom stereocenters. The molecule has 3 aromatic rings. The summed E-state index contributed by atoms with van der Waals surface area (Å²) in [5.74, 6) is 1.52. The van der Waals surface area contributed by atoms with E-state index in [1.165, 1.54) is 25.7 Å². The number of carbonyl (C=O) groups is 2. The van der Waals surface area contributed by atoms with Crippen LogP contribution in [0.2, 0.25) is 0 Å². The van der Waals surface area contributed by atoms with Gasteiger partial charge in [0.1, 0.15) is 5.82 Å². The molecule has 6 nitrogen and oxygen atoms in total. The van der Waals surface area contributed by atoms with Gasteiger partial charge in [0.05, 0.1) is 11.0 Å². The molecule has 178 valence electrons. The fourth-order valence-corrected chi connectivity index (χ4v) is 5.40. The average molecular weight is 459 g/mol. The molecular weight excluding hydrogens is 424 g/mol. The Hall–Kier alpha value is -3.15. The number of benzene rings is 2. The van der Waals surface area contributed by atoms with Crippen LogP contribution in [0.4, 0.5) is 5.69 Å². The normalized spacial score (nSPS) is 21.3. The van der Waals surface area contributed by atoms with E-state index in [0.717, 1.165) is 60.2 Å². The van der Waals surface area contributed by atoms with Crippen LogP contribution in [0.5, 0.6) is 0 Å². The third-order valence-corrected chi connectivity index (χ3v) is 7.57. The van der Waals surface area contributed by atoms with E-state index >= 15 is 0 Å². The molecule has 2 saturated carbocycles. The quantitative estimate of drug-likeness (QED) is 0.406. The molecule has 0 radical (unpaired) electrons. The van der Waals surface area contributed by atoms with Gasteiger partial charge in [0.15, 0.2) is 0 Å². The first-order chi connectivity index (χ1) is 16.6. The predicted molar refractivity (Wildman–Crippen MR) is 136 cm³/mol. The highest BCUT2D eigenvalue weighted by atomic mass is 16.2. The first kappa shape index (κ1) is 22.6. The van der Waals surface area contributed by atoms with E-state index < -0.39 is 0 Å². The Morgan fingerprint density at radius 3 is 2.38 bits per heavy atom. The Kier molecular flexibility index (Phi) is 6.66. The van der Waals surface area contributed by atoms with Crippen LogP contribution in [0.15, 0.2) is 42.5 Å². The number of carbonyl (C=O) groups excluding carboxylic acids is 2. The molecule has 5 rings (SSSR count). The summed E-state index contributed by atoms with van der Waals surface area (Å²) in [6, 6.07) is 13.7. The summed E-state index contributed by atoms with van der Waals surface area (Å²) < 4.78 is 0. The van der Waals surface area contributed by atoms with Crippen molar-refractivity contribution in [2.75, 3.05) is 5.32 Å². The minimum absolute atomic E-state index is 0.0226. The highest BCUT2D eigenvalue weighted by molar-refractivity contribution is 5.98. The highest BCUT2D eigenvalue weighted by Crippen LogP contribution is 2.27. The van der Waals surface area contributed by atoms with Crippen molar-refractivity contribution in [1.82, 2.24) is 15.3 Å². The summed E-state index contributed by atoms with van der Waals surface area (Å²) in [4.78, 5) is 33.4. The van der Waals surface area contributed by atoms with E-state index in [-0.39, 0.29) is 23.8 Å². The number of anilines is 1. The summed E-state index contributed by atoms with van der Waals surface area (Å²) in [5.41, 5.74) is 4.07. The molecule has 0 aliphatic heterocycles. The maximum atomic E-state index is 12.7. The van der Waals surface area contributed by atoms with Crippen LogP contribution in [0.3, 0.4) is 0 Å². The number of fused-ring (bicyclic) bond motifs is 1. The zero-order valence-electron chi connectivity index (χ0n) is 19.9. The molecular formula is C28H34N4O2. The topological polar surface area (TPSA) is 86.9 Å². The van der Waals surface area contributed by atoms with E-state index in [0.29, 0.717) is 11.5 Å². The number of rotatable bonds is 5. The van der Waals surface area contributed by atoms with E-state index in [1.54, 1.807) is 0 Å². The standard InChI is InChI=1S/C28H34N4O2/c1-18-7-6-10-23(18)32-28(34)21-13-16-24-25(17-21)31-26(30-24)19-11-14-22(15-12-19)29-27(33)20-8-4-2-3-5-9-20/h11-18,20,23H,2-10H2,1H3,(H,29,33)(H,30,31)(H,32,34). The average Bonchev–Trinajstić information content (AvgIpc) is 3.34. The number of nitrogens with one attached hydrogen (secondary N) is 3. The Morgan fingerprint density at radius 2 is 1.68 bits per heavy atom. The van der Waals surface area contributed by atoms with Crippen LogP contribution in [-0.4, -0.2) is 27.8 Å². The molecule has 6 heteroatoms. The molecule has 2 aliphatic rings. The number of aromatic nitrogens is 2. The van der Waals surface area contributed by atoms with Crippen LogP contribution < -0.4 is 10.6 Å². The number of aromatic amines is 1. The Labute approximate surface area is 200 Å². The van der Waals surface area contributed by atoms with E-state index in [9.17, 15) is 9.59 Å². The number of nitrogens with zero attached hydrogens (tertiary/aromatic N) is 1. The lowest BCUT2D eigenvalue weighted by Gasteiger charge is -2.17. The Morgan fingerprint density at radius 1 is 0.912 bits per heavy atom. The minimum atomic E-state index is -0.0226. The van der Waals surface area contributed by atoms with Crippen LogP contribution in [0.25, 0.3) is 22.4 Å². The van der Waals surface area contributed by atoms with Crippen molar-refractivity contribution in [1.29, 1.82) is 0 Å². The van der Waals surface area contributed by atoms with Crippen LogP contribution in [-0.2, 0) is 4.79 Å². The lowest BCUT2D eigenvalue weighted by molar-refractivity contribution is -0.120. The summed E-state index contributed by atoms with van der Waals surface area (Å²) in [6.45, 7) is 2.20. The Balaban J connectivity index is 1.26. The fourth-order valence-electron chi connectivity index (χ4n) is 5.40. The van der Waals surface area contributed by atoms with Gasteiger partial charge >= 0.3 is 0 Å². The van der Waals surface area contributed by atoms with Crippen molar-refractivity contribution in [3.63, 3.8) is 0 Å². The zero-order valence-corrected chi connectivity index (χ0v) is 19.9. The third kappa shape index (κ3) is 5.01. The first-order valence-electron chi connectivity index (χ1n) is 12.8.